The van der Waals surface area contributed by atoms with E-state index in [-0.39, 0.29) is 12.2 Å². The van der Waals surface area contributed by atoms with Gasteiger partial charge in [-0.05, 0) is 79.1 Å². The maximum atomic E-state index is 13.7. The molecule has 5 heteroatoms. The van der Waals surface area contributed by atoms with Gasteiger partial charge in [0.05, 0.1) is 13.2 Å². The molecule has 3 aromatic rings. The normalized spacial score (nSPS) is 10.8. The molecule has 0 amide bonds. The van der Waals surface area contributed by atoms with Crippen molar-refractivity contribution in [2.24, 2.45) is 0 Å². The van der Waals surface area contributed by atoms with E-state index < -0.39 is 5.97 Å². The standard InChI is InChI=1S/C29H33FO4/c1-2-33-27-19-25(24-13-9-14-26(30)18-24)20-28(21-27)34-17-8-4-3-5-10-22-11-6-7-12-23(22)15-16-29(31)32/h6-7,9,11-14,18-21H,2-5,8,10,15-17H2,1H3,(H,31,32). The van der Waals surface area contributed by atoms with Crippen LogP contribution in [0.4, 0.5) is 4.39 Å². The van der Waals surface area contributed by atoms with E-state index in [1.165, 1.54) is 17.7 Å². The second kappa shape index (κ2) is 13.4. The second-order valence-electron chi connectivity index (χ2n) is 8.31. The third kappa shape index (κ3) is 8.22. The summed E-state index contributed by atoms with van der Waals surface area (Å²) in [6, 6.07) is 20.3. The van der Waals surface area contributed by atoms with E-state index >= 15 is 0 Å². The second-order valence-corrected chi connectivity index (χ2v) is 8.31. The van der Waals surface area contributed by atoms with Crippen LogP contribution in [-0.4, -0.2) is 24.3 Å². The van der Waals surface area contributed by atoms with Gasteiger partial charge in [-0.3, -0.25) is 4.79 Å². The minimum absolute atomic E-state index is 0.166. The predicted octanol–water partition coefficient (Wildman–Crippen LogP) is 7.09. The maximum Gasteiger partial charge on any atom is 0.303 e. The van der Waals surface area contributed by atoms with Gasteiger partial charge in [-0.2, -0.15) is 0 Å². The molecule has 4 nitrogen and oxygen atoms in total. The zero-order chi connectivity index (χ0) is 24.2. The molecular formula is C29H33FO4. The summed E-state index contributed by atoms with van der Waals surface area (Å²) in [6.07, 6.45) is 5.85. The Morgan fingerprint density at radius 1 is 0.794 bits per heavy atom. The lowest BCUT2D eigenvalue weighted by Gasteiger charge is -2.12. The summed E-state index contributed by atoms with van der Waals surface area (Å²) in [7, 11) is 0. The molecule has 1 N–H and O–H groups in total. The van der Waals surface area contributed by atoms with Crippen LogP contribution in [0, 0.1) is 5.82 Å². The Bertz CT molecular complexity index is 1060. The van der Waals surface area contributed by atoms with Crippen molar-refractivity contribution in [1.29, 1.82) is 0 Å². The predicted molar refractivity (Wildman–Crippen MR) is 133 cm³/mol. The molecule has 0 spiro atoms. The molecule has 180 valence electrons. The van der Waals surface area contributed by atoms with Crippen molar-refractivity contribution in [3.63, 3.8) is 0 Å². The molecule has 3 aromatic carbocycles. The summed E-state index contributed by atoms with van der Waals surface area (Å²) >= 11 is 0. The fraction of sp³-hybridized carbons (Fsp3) is 0.345. The average molecular weight is 465 g/mol. The van der Waals surface area contributed by atoms with Gasteiger partial charge in [0.25, 0.3) is 0 Å². The summed E-state index contributed by atoms with van der Waals surface area (Å²) in [4.78, 5) is 10.9. The molecule has 0 unspecified atom stereocenters. The minimum atomic E-state index is -0.760. The lowest BCUT2D eigenvalue weighted by Crippen LogP contribution is -2.01. The molecule has 0 bridgehead atoms. The van der Waals surface area contributed by atoms with Crippen molar-refractivity contribution in [3.05, 3.63) is 83.7 Å². The molecule has 0 aliphatic carbocycles. The molecule has 0 saturated heterocycles. The first-order chi connectivity index (χ1) is 16.5. The lowest BCUT2D eigenvalue weighted by molar-refractivity contribution is -0.136. The zero-order valence-electron chi connectivity index (χ0n) is 19.8. The lowest BCUT2D eigenvalue weighted by atomic mass is 9.98. The number of benzene rings is 3. The van der Waals surface area contributed by atoms with E-state index in [9.17, 15) is 9.18 Å². The number of hydrogen-bond acceptors (Lipinski definition) is 3. The van der Waals surface area contributed by atoms with E-state index in [1.54, 1.807) is 6.07 Å². The Kier molecular flexibility index (Phi) is 9.96. The first-order valence-corrected chi connectivity index (χ1v) is 12.0. The molecule has 0 radical (unpaired) electrons. The number of aryl methyl sites for hydroxylation is 2. The monoisotopic (exact) mass is 464 g/mol. The van der Waals surface area contributed by atoms with Crippen LogP contribution in [0.15, 0.2) is 66.7 Å². The van der Waals surface area contributed by atoms with Crippen molar-refractivity contribution in [2.75, 3.05) is 13.2 Å². The maximum absolute atomic E-state index is 13.7. The van der Waals surface area contributed by atoms with E-state index in [1.807, 2.05) is 49.4 Å². The van der Waals surface area contributed by atoms with Gasteiger partial charge in [0.2, 0.25) is 0 Å². The Morgan fingerprint density at radius 3 is 2.21 bits per heavy atom. The topological polar surface area (TPSA) is 55.8 Å². The molecule has 34 heavy (non-hydrogen) atoms. The van der Waals surface area contributed by atoms with E-state index in [2.05, 4.69) is 6.07 Å². The summed E-state index contributed by atoms with van der Waals surface area (Å²) < 4.78 is 25.3. The summed E-state index contributed by atoms with van der Waals surface area (Å²) in [6.45, 7) is 3.08. The van der Waals surface area contributed by atoms with Crippen molar-refractivity contribution in [3.8, 4) is 22.6 Å². The first-order valence-electron chi connectivity index (χ1n) is 12.0. The summed E-state index contributed by atoms with van der Waals surface area (Å²) in [5.74, 6) is 0.398. The zero-order valence-corrected chi connectivity index (χ0v) is 19.8. The number of carbonyl (C=O) groups is 1. The van der Waals surface area contributed by atoms with Crippen LogP contribution in [0.3, 0.4) is 0 Å². The highest BCUT2D eigenvalue weighted by Gasteiger charge is 2.07. The quantitative estimate of drug-likeness (QED) is 0.259. The fourth-order valence-electron chi connectivity index (χ4n) is 3.99. The van der Waals surface area contributed by atoms with Gasteiger partial charge in [-0.15, -0.1) is 0 Å². The van der Waals surface area contributed by atoms with Gasteiger partial charge in [0.15, 0.2) is 0 Å². The van der Waals surface area contributed by atoms with Crippen molar-refractivity contribution in [2.45, 2.75) is 51.9 Å². The highest BCUT2D eigenvalue weighted by molar-refractivity contribution is 5.67. The van der Waals surface area contributed by atoms with Gasteiger partial charge in [-0.1, -0.05) is 49.2 Å². The smallest absolute Gasteiger partial charge is 0.303 e. The number of rotatable bonds is 14. The number of carboxylic acid groups (broad SMARTS) is 1. The molecule has 0 fully saturated rings. The van der Waals surface area contributed by atoms with Gasteiger partial charge < -0.3 is 14.6 Å². The van der Waals surface area contributed by atoms with Crippen LogP contribution < -0.4 is 9.47 Å². The molecule has 0 aromatic heterocycles. The van der Waals surface area contributed by atoms with Crippen LogP contribution in [0.2, 0.25) is 0 Å². The number of halogens is 1. The summed E-state index contributed by atoms with van der Waals surface area (Å²) in [5.41, 5.74) is 4.03. The van der Waals surface area contributed by atoms with Crippen LogP contribution in [-0.2, 0) is 17.6 Å². The van der Waals surface area contributed by atoms with Crippen LogP contribution >= 0.6 is 0 Å². The van der Waals surface area contributed by atoms with Crippen LogP contribution in [0.1, 0.15) is 50.2 Å². The minimum Gasteiger partial charge on any atom is -0.494 e. The summed E-state index contributed by atoms with van der Waals surface area (Å²) in [5, 5.41) is 8.94. The van der Waals surface area contributed by atoms with Gasteiger partial charge >= 0.3 is 5.97 Å². The Morgan fingerprint density at radius 2 is 1.50 bits per heavy atom. The number of aliphatic carboxylic acids is 1. The number of unbranched alkanes of at least 4 members (excludes halogenated alkanes) is 3. The van der Waals surface area contributed by atoms with Gasteiger partial charge in [0, 0.05) is 12.5 Å². The molecule has 0 atom stereocenters. The van der Waals surface area contributed by atoms with E-state index in [4.69, 9.17) is 14.6 Å². The number of ether oxygens (including phenoxy) is 2. The van der Waals surface area contributed by atoms with Gasteiger partial charge in [0.1, 0.15) is 17.3 Å². The van der Waals surface area contributed by atoms with Crippen molar-refractivity contribution < 1.29 is 23.8 Å². The van der Waals surface area contributed by atoms with Crippen LogP contribution in [0.25, 0.3) is 11.1 Å². The highest BCUT2D eigenvalue weighted by Crippen LogP contribution is 2.30. The SMILES string of the molecule is CCOc1cc(OCCCCCCc2ccccc2CCC(=O)O)cc(-c2cccc(F)c2)c1. The van der Waals surface area contributed by atoms with Crippen LogP contribution in [0.5, 0.6) is 11.5 Å². The Hall–Kier alpha value is -3.34. The molecule has 0 heterocycles. The Balaban J connectivity index is 1.46. The third-order valence-electron chi connectivity index (χ3n) is 5.68. The molecule has 3 rings (SSSR count). The molecule has 0 aliphatic heterocycles. The van der Waals surface area contributed by atoms with Gasteiger partial charge in [-0.25, -0.2) is 4.39 Å². The Labute approximate surface area is 201 Å². The van der Waals surface area contributed by atoms with E-state index in [0.717, 1.165) is 54.5 Å². The van der Waals surface area contributed by atoms with E-state index in [0.29, 0.717) is 25.4 Å². The molecule has 0 saturated carbocycles. The first kappa shape index (κ1) is 25.3. The molecule has 0 aliphatic rings. The van der Waals surface area contributed by atoms with Crippen molar-refractivity contribution in [1.82, 2.24) is 0 Å². The largest absolute Gasteiger partial charge is 0.494 e. The molecular weight excluding hydrogens is 431 g/mol. The number of carboxylic acids is 1. The number of hydrogen-bond donors (Lipinski definition) is 1. The fourth-order valence-corrected chi connectivity index (χ4v) is 3.99. The average Bonchev–Trinajstić information content (AvgIpc) is 2.83. The highest BCUT2D eigenvalue weighted by atomic mass is 19.1. The third-order valence-corrected chi connectivity index (χ3v) is 5.68. The van der Waals surface area contributed by atoms with Crippen molar-refractivity contribution >= 4 is 5.97 Å².